The molecular formula is C21H24N2O4S. The van der Waals surface area contributed by atoms with E-state index in [4.69, 9.17) is 13.6 Å². The Labute approximate surface area is 173 Å². The van der Waals surface area contributed by atoms with Gasteiger partial charge in [0.25, 0.3) is 5.91 Å². The van der Waals surface area contributed by atoms with Crippen LogP contribution in [0.25, 0.3) is 0 Å². The summed E-state index contributed by atoms with van der Waals surface area (Å²) < 4.78 is 32.7. The number of amides is 1. The molecule has 0 bridgehead atoms. The van der Waals surface area contributed by atoms with E-state index >= 15 is 0 Å². The van der Waals surface area contributed by atoms with E-state index in [9.17, 15) is 9.59 Å². The van der Waals surface area contributed by atoms with Crippen molar-refractivity contribution in [2.75, 3.05) is 32.1 Å². The van der Waals surface area contributed by atoms with Crippen LogP contribution in [0.4, 0.5) is 5.69 Å². The maximum absolute atomic E-state index is 13.6. The first-order valence-electron chi connectivity index (χ1n) is 10.3. The zero-order valence-electron chi connectivity index (χ0n) is 18.7. The van der Waals surface area contributed by atoms with Gasteiger partial charge in [0.15, 0.2) is 6.10 Å². The minimum Gasteiger partial charge on any atom is -0.497 e. The van der Waals surface area contributed by atoms with Crippen LogP contribution in [-0.2, 0) is 14.3 Å². The number of para-hydroxylation sites is 1. The number of hydrogen-bond donors (Lipinski definition) is 1. The highest BCUT2D eigenvalue weighted by atomic mass is 32.2. The second-order valence-corrected chi connectivity index (χ2v) is 7.38. The second-order valence-electron chi connectivity index (χ2n) is 6.20. The van der Waals surface area contributed by atoms with Gasteiger partial charge in [-0.3, -0.25) is 9.59 Å². The number of benzene rings is 2. The first kappa shape index (κ1) is 16.4. The highest BCUT2D eigenvalue weighted by Crippen LogP contribution is 2.46. The lowest BCUT2D eigenvalue weighted by Gasteiger charge is -2.27. The van der Waals surface area contributed by atoms with E-state index in [1.54, 1.807) is 43.3 Å². The average Bonchev–Trinajstić information content (AvgIpc) is 2.86. The Morgan fingerprint density at radius 2 is 2.00 bits per heavy atom. The molecule has 2 unspecified atom stereocenters. The number of carbonyl (C=O) groups excluding carboxylic acids is 2. The van der Waals surface area contributed by atoms with Crippen molar-refractivity contribution >= 4 is 29.3 Å². The number of carbonyl (C=O) groups is 2. The third-order valence-corrected chi connectivity index (χ3v) is 5.83. The van der Waals surface area contributed by atoms with Gasteiger partial charge in [0.1, 0.15) is 5.75 Å². The summed E-state index contributed by atoms with van der Waals surface area (Å²) in [5, 5.41) is 2.38. The molecule has 1 aliphatic heterocycles. The van der Waals surface area contributed by atoms with Crippen LogP contribution in [0.15, 0.2) is 53.4 Å². The quantitative estimate of drug-likeness (QED) is 0.748. The fourth-order valence-electron chi connectivity index (χ4n) is 3.10. The number of rotatable bonds is 6. The number of nitrogens with zero attached hydrogens (tertiary/aromatic N) is 1. The van der Waals surface area contributed by atoms with E-state index in [2.05, 4.69) is 5.32 Å². The molecule has 0 radical (unpaired) electrons. The average molecular weight is 404 g/mol. The molecule has 1 aliphatic rings. The van der Waals surface area contributed by atoms with Crippen LogP contribution in [-0.4, -0.2) is 45.2 Å². The van der Waals surface area contributed by atoms with Crippen molar-refractivity contribution in [3.05, 3.63) is 54.1 Å². The molecule has 6 nitrogen and oxygen atoms in total. The number of likely N-dealkylation sites (N-methyl/N-ethyl adjacent to an activating group) is 1. The number of anilines is 1. The first-order valence-corrected chi connectivity index (χ1v) is 9.71. The van der Waals surface area contributed by atoms with Gasteiger partial charge in [-0.05, 0) is 36.9 Å². The zero-order valence-corrected chi connectivity index (χ0v) is 16.5. The monoisotopic (exact) mass is 403 g/mol. The van der Waals surface area contributed by atoms with Gasteiger partial charge in [-0.2, -0.15) is 0 Å². The molecule has 7 heteroatoms. The fourth-order valence-corrected chi connectivity index (χ4v) is 4.42. The lowest BCUT2D eigenvalue weighted by atomic mass is 10.1. The van der Waals surface area contributed by atoms with Crippen molar-refractivity contribution in [1.29, 1.82) is 0 Å². The van der Waals surface area contributed by atoms with Crippen molar-refractivity contribution in [2.45, 2.75) is 23.1 Å². The number of ether oxygens (including phenoxy) is 2. The minimum atomic E-state index is -2.97. The van der Waals surface area contributed by atoms with Crippen molar-refractivity contribution < 1.29 is 23.2 Å². The SMILES string of the molecule is [2H]C([2H])([2H])C(=O)OC1C(=O)N(CCNC)c2ccccc2SC1c1ccc(OC)cc1. The summed E-state index contributed by atoms with van der Waals surface area (Å²) in [5.74, 6) is -1.23. The van der Waals surface area contributed by atoms with Crippen LogP contribution in [0.5, 0.6) is 5.75 Å². The number of fused-ring (bicyclic) bond motifs is 1. The van der Waals surface area contributed by atoms with Crippen LogP contribution in [0.1, 0.15) is 21.8 Å². The highest BCUT2D eigenvalue weighted by molar-refractivity contribution is 7.99. The molecule has 28 heavy (non-hydrogen) atoms. The van der Waals surface area contributed by atoms with Crippen molar-refractivity contribution in [2.24, 2.45) is 0 Å². The Morgan fingerprint density at radius 1 is 1.25 bits per heavy atom. The van der Waals surface area contributed by atoms with Gasteiger partial charge in [0.05, 0.1) is 18.0 Å². The van der Waals surface area contributed by atoms with Gasteiger partial charge < -0.3 is 19.7 Å². The number of hydrogen-bond acceptors (Lipinski definition) is 6. The summed E-state index contributed by atoms with van der Waals surface area (Å²) >= 11 is 1.36. The summed E-state index contributed by atoms with van der Waals surface area (Å²) in [6.45, 7) is -2.12. The molecule has 3 rings (SSSR count). The largest absolute Gasteiger partial charge is 0.497 e. The topological polar surface area (TPSA) is 67.9 Å². The van der Waals surface area contributed by atoms with Gasteiger partial charge in [-0.25, -0.2) is 0 Å². The highest BCUT2D eigenvalue weighted by Gasteiger charge is 2.40. The predicted octanol–water partition coefficient (Wildman–Crippen LogP) is 3.03. The Morgan fingerprint density at radius 3 is 2.68 bits per heavy atom. The van der Waals surface area contributed by atoms with Crippen molar-refractivity contribution in [3.63, 3.8) is 0 Å². The molecule has 0 fully saturated rings. The Kier molecular flexibility index (Phi) is 5.36. The fraction of sp³-hybridized carbons (Fsp3) is 0.333. The van der Waals surface area contributed by atoms with E-state index in [0.717, 1.165) is 4.90 Å². The molecule has 0 aromatic heterocycles. The van der Waals surface area contributed by atoms with Crippen LogP contribution in [0.3, 0.4) is 0 Å². The molecule has 2 aromatic rings. The molecule has 2 atom stereocenters. The van der Waals surface area contributed by atoms with Gasteiger partial charge >= 0.3 is 5.97 Å². The molecule has 148 valence electrons. The van der Waals surface area contributed by atoms with E-state index in [1.807, 2.05) is 24.3 Å². The smallest absolute Gasteiger partial charge is 0.303 e. The first-order chi connectivity index (χ1) is 14.8. The van der Waals surface area contributed by atoms with Crippen LogP contribution in [0.2, 0.25) is 0 Å². The van der Waals surface area contributed by atoms with Gasteiger partial charge in [0, 0.05) is 28.9 Å². The Balaban J connectivity index is 2.08. The standard InChI is InChI=1S/C21H24N2O4S/c1-14(24)27-19-20(15-8-10-16(26-3)11-9-15)28-18-7-5-4-6-17(18)23(21(19)25)13-12-22-2/h4-11,19-20,22H,12-13H2,1-3H3/i1D3. The maximum Gasteiger partial charge on any atom is 0.303 e. The van der Waals surface area contributed by atoms with E-state index in [1.165, 1.54) is 11.8 Å². The molecule has 0 spiro atoms. The van der Waals surface area contributed by atoms with Gasteiger partial charge in [0.2, 0.25) is 0 Å². The van der Waals surface area contributed by atoms with Crippen LogP contribution < -0.4 is 15.0 Å². The van der Waals surface area contributed by atoms with E-state index < -0.39 is 30.1 Å². The summed E-state index contributed by atoms with van der Waals surface area (Å²) in [6.07, 6.45) is -1.31. The second kappa shape index (κ2) is 9.12. The lowest BCUT2D eigenvalue weighted by Crippen LogP contribution is -2.45. The zero-order chi connectivity index (χ0) is 22.6. The van der Waals surface area contributed by atoms with E-state index in [-0.39, 0.29) is 0 Å². The molecule has 1 N–H and O–H groups in total. The third-order valence-electron chi connectivity index (χ3n) is 4.46. The lowest BCUT2D eigenvalue weighted by molar-refractivity contribution is -0.152. The number of nitrogens with one attached hydrogen (secondary N) is 1. The normalized spacial score (nSPS) is 21.0. The molecule has 1 amide bonds. The van der Waals surface area contributed by atoms with Crippen molar-refractivity contribution in [1.82, 2.24) is 5.32 Å². The van der Waals surface area contributed by atoms with Gasteiger partial charge in [-0.15, -0.1) is 11.8 Å². The summed E-state index contributed by atoms with van der Waals surface area (Å²) in [4.78, 5) is 28.2. The maximum atomic E-state index is 13.6. The van der Waals surface area contributed by atoms with E-state index in [0.29, 0.717) is 30.1 Å². The number of methoxy groups -OCH3 is 1. The van der Waals surface area contributed by atoms with Crippen molar-refractivity contribution in [3.8, 4) is 5.75 Å². The summed E-state index contributed by atoms with van der Waals surface area (Å²) in [7, 11) is 3.32. The molecule has 2 aromatic carbocycles. The summed E-state index contributed by atoms with van der Waals surface area (Å²) in [6, 6.07) is 14.5. The number of thioether (sulfide) groups is 1. The van der Waals surface area contributed by atoms with Gasteiger partial charge in [-0.1, -0.05) is 24.3 Å². The number of esters is 1. The molecule has 1 heterocycles. The molecule has 0 saturated carbocycles. The summed E-state index contributed by atoms with van der Waals surface area (Å²) in [5.41, 5.74) is 1.41. The Hall–Kier alpha value is -2.51. The molecular weight excluding hydrogens is 376 g/mol. The predicted molar refractivity (Wildman–Crippen MR) is 110 cm³/mol. The van der Waals surface area contributed by atoms with Crippen LogP contribution in [0, 0.1) is 0 Å². The molecule has 0 aliphatic carbocycles. The van der Waals surface area contributed by atoms with Crippen LogP contribution >= 0.6 is 11.8 Å². The minimum absolute atomic E-state index is 0.337. The molecule has 0 saturated heterocycles. The Bertz CT molecular complexity index is 937. The third kappa shape index (κ3) is 4.31.